The Hall–Kier alpha value is -2.46. The van der Waals surface area contributed by atoms with Crippen molar-refractivity contribution in [2.75, 3.05) is 11.1 Å². The van der Waals surface area contributed by atoms with Crippen LogP contribution >= 0.6 is 23.2 Å². The summed E-state index contributed by atoms with van der Waals surface area (Å²) in [4.78, 5) is 38.8. The Balaban J connectivity index is 0.00000280. The second-order valence-corrected chi connectivity index (χ2v) is 15.6. The van der Waals surface area contributed by atoms with Crippen molar-refractivity contribution in [2.24, 2.45) is 15.2 Å². The van der Waals surface area contributed by atoms with Crippen molar-refractivity contribution in [1.82, 2.24) is 15.0 Å². The van der Waals surface area contributed by atoms with E-state index in [4.69, 9.17) is 28.9 Å². The third-order valence-electron chi connectivity index (χ3n) is 7.32. The fourth-order valence-electron chi connectivity index (χ4n) is 5.14. The van der Waals surface area contributed by atoms with Gasteiger partial charge in [-0.1, -0.05) is 12.1 Å². The van der Waals surface area contributed by atoms with Gasteiger partial charge in [-0.3, -0.25) is 28.2 Å². The first-order valence-electron chi connectivity index (χ1n) is 14.1. The standard InChI is InChI=1S/C29H18Cl2N8O11S3.3Na/c30-27-35-28(31)37-29(36-27)34-14-8-9-16(19(10-14)52(45,46)47)39-38-13-6-4-12(5-7-13)33-17-11-20(53(48,49)50)24(32)23-22(17)25(40)15-2-1-3-18(51(42,43)44)21(15)26(23)41;;;/h1-11,33H,32H2,(H,42,43,44)(H,45,46,47)(H,48,49,50)(H,34,35,36,37);;;. The number of nitrogens with zero attached hydrogens (tertiary/aromatic N) is 5. The minimum absolute atomic E-state index is 0. The number of azo groups is 1. The zero-order valence-electron chi connectivity index (χ0n) is 28.8. The molecule has 275 valence electrons. The van der Waals surface area contributed by atoms with Crippen LogP contribution in [0.2, 0.25) is 10.6 Å². The first kappa shape index (κ1) is 47.9. The van der Waals surface area contributed by atoms with Crippen LogP contribution in [0.5, 0.6) is 0 Å². The molecule has 1 heterocycles. The average molecular weight is 891 g/mol. The summed E-state index contributed by atoms with van der Waals surface area (Å²) < 4.78 is 102. The van der Waals surface area contributed by atoms with Crippen LogP contribution in [-0.2, 0) is 30.4 Å². The van der Waals surface area contributed by atoms with Gasteiger partial charge in [-0.25, -0.2) is 4.99 Å². The molecule has 0 spiro atoms. The Labute approximate surface area is 392 Å². The summed E-state index contributed by atoms with van der Waals surface area (Å²) in [5, 5.41) is 10.3. The predicted molar refractivity (Wildman–Crippen MR) is 203 cm³/mol. The molecule has 27 heteroatoms. The number of aromatic amines is 1. The van der Waals surface area contributed by atoms with Crippen LogP contribution in [0.25, 0.3) is 0 Å². The Kier molecular flexibility index (Phi) is 15.6. The van der Waals surface area contributed by atoms with Crippen LogP contribution in [0.1, 0.15) is 31.8 Å². The number of halogens is 2. The molecule has 1 aromatic heterocycles. The van der Waals surface area contributed by atoms with E-state index >= 15 is 0 Å². The van der Waals surface area contributed by atoms with E-state index < -0.39 is 84.5 Å². The normalized spacial score (nSPS) is 12.9. The van der Waals surface area contributed by atoms with Crippen LogP contribution in [-0.4, -0.2) is 154 Å². The number of benzene rings is 4. The Morgan fingerprint density at radius 3 is 1.88 bits per heavy atom. The zero-order valence-corrected chi connectivity index (χ0v) is 38.7. The summed E-state index contributed by atoms with van der Waals surface area (Å²) in [5.74, 6) is -2.17. The minimum atomic E-state index is -5.12. The van der Waals surface area contributed by atoms with Crippen LogP contribution in [0, 0.1) is 0 Å². The molecule has 1 aliphatic carbocycles. The van der Waals surface area contributed by atoms with Gasteiger partial charge in [0.25, 0.3) is 30.4 Å². The molecule has 0 saturated carbocycles. The number of nitrogens with two attached hydrogens (primary N) is 1. The van der Waals surface area contributed by atoms with Gasteiger partial charge in [-0.15, -0.1) is 5.11 Å². The summed E-state index contributed by atoms with van der Waals surface area (Å²) in [6.07, 6.45) is 0. The van der Waals surface area contributed by atoms with Crippen LogP contribution < -0.4 is 16.7 Å². The van der Waals surface area contributed by atoms with Crippen molar-refractivity contribution in [3.8, 4) is 0 Å². The molecule has 6 rings (SSSR count). The molecule has 0 aliphatic heterocycles. The molecule has 0 atom stereocenters. The molecule has 1 aliphatic rings. The third-order valence-corrected chi connectivity index (χ3v) is 10.3. The zero-order chi connectivity index (χ0) is 38.6. The van der Waals surface area contributed by atoms with Gasteiger partial charge in [0.05, 0.1) is 39.4 Å². The maximum atomic E-state index is 13.7. The monoisotopic (exact) mass is 889 g/mol. The van der Waals surface area contributed by atoms with E-state index in [1.54, 1.807) is 0 Å². The van der Waals surface area contributed by atoms with E-state index in [0.717, 1.165) is 30.3 Å². The number of nitrogens with one attached hydrogen (secondary N) is 2. The molecule has 7 N–H and O–H groups in total. The van der Waals surface area contributed by atoms with Crippen LogP contribution in [0.4, 0.5) is 34.1 Å². The van der Waals surface area contributed by atoms with Gasteiger partial charge in [0.2, 0.25) is 16.2 Å². The van der Waals surface area contributed by atoms with Crippen LogP contribution in [0.3, 0.4) is 0 Å². The van der Waals surface area contributed by atoms with E-state index in [-0.39, 0.29) is 133 Å². The largest absolute Gasteiger partial charge is 0.397 e. The smallest absolute Gasteiger partial charge is 0.296 e. The fraction of sp³-hybridized carbons (Fsp3) is 0. The number of hydrogen-bond donors (Lipinski definition) is 6. The Morgan fingerprint density at radius 2 is 1.29 bits per heavy atom. The second kappa shape index (κ2) is 18.2. The van der Waals surface area contributed by atoms with Crippen molar-refractivity contribution in [1.29, 1.82) is 0 Å². The van der Waals surface area contributed by atoms with Gasteiger partial charge in [-0.05, 0) is 77.8 Å². The number of aromatic nitrogens is 3. The first-order valence-corrected chi connectivity index (χ1v) is 19.2. The summed E-state index contributed by atoms with van der Waals surface area (Å²) in [5.41, 5.74) is 2.29. The van der Waals surface area contributed by atoms with Crippen molar-refractivity contribution >= 4 is 188 Å². The predicted octanol–water partition coefficient (Wildman–Crippen LogP) is 3.46. The molecule has 3 radical (unpaired) electrons. The number of H-pyrrole nitrogens is 1. The number of anilines is 3. The van der Waals surface area contributed by atoms with Crippen LogP contribution in [0.15, 0.2) is 96.6 Å². The fourth-order valence-corrected chi connectivity index (χ4v) is 7.52. The number of carbonyl (C=O) groups excluding carboxylic acids is 2. The summed E-state index contributed by atoms with van der Waals surface area (Å²) >= 11 is 11.6. The minimum Gasteiger partial charge on any atom is -0.397 e. The first-order chi connectivity index (χ1) is 24.7. The number of hydrogen-bond acceptors (Lipinski definition) is 15. The molecule has 4 aromatic carbocycles. The van der Waals surface area contributed by atoms with Gasteiger partial charge in [0.1, 0.15) is 20.4 Å². The van der Waals surface area contributed by atoms with Crippen molar-refractivity contribution in [3.05, 3.63) is 105 Å². The van der Waals surface area contributed by atoms with Gasteiger partial charge >= 0.3 is 0 Å². The molecular formula is C29H18Cl2N8Na3O11S3. The summed E-state index contributed by atoms with van der Waals surface area (Å²) in [6.45, 7) is 0. The molecule has 0 fully saturated rings. The molecule has 0 saturated heterocycles. The molecule has 0 bridgehead atoms. The summed E-state index contributed by atoms with van der Waals surface area (Å²) in [6, 6.07) is 12.9. The quantitative estimate of drug-likeness (QED) is 0.0552. The van der Waals surface area contributed by atoms with Gasteiger partial charge in [0, 0.05) is 99.9 Å². The van der Waals surface area contributed by atoms with Gasteiger partial charge in [0.15, 0.2) is 11.6 Å². The maximum absolute atomic E-state index is 13.7. The molecule has 56 heavy (non-hydrogen) atoms. The van der Waals surface area contributed by atoms with E-state index in [0.29, 0.717) is 0 Å². The van der Waals surface area contributed by atoms with E-state index in [9.17, 15) is 48.5 Å². The average Bonchev–Trinajstić information content (AvgIpc) is 3.05. The number of rotatable bonds is 8. The molecule has 19 nitrogen and oxygen atoms in total. The van der Waals surface area contributed by atoms with E-state index in [2.05, 4.69) is 35.5 Å². The molecule has 0 amide bonds. The Morgan fingerprint density at radius 1 is 0.679 bits per heavy atom. The third kappa shape index (κ3) is 10.2. The van der Waals surface area contributed by atoms with Crippen molar-refractivity contribution < 1.29 is 48.5 Å². The van der Waals surface area contributed by atoms with Crippen molar-refractivity contribution in [3.63, 3.8) is 0 Å². The van der Waals surface area contributed by atoms with Gasteiger partial charge < -0.3 is 11.1 Å². The van der Waals surface area contributed by atoms with Crippen molar-refractivity contribution in [2.45, 2.75) is 14.7 Å². The topological polar surface area (TPSA) is 314 Å². The molecular weight excluding hydrogens is 872 g/mol. The van der Waals surface area contributed by atoms with Gasteiger partial charge in [-0.2, -0.15) is 40.3 Å². The molecule has 0 unspecified atom stereocenters. The maximum Gasteiger partial charge on any atom is 0.296 e. The van der Waals surface area contributed by atoms with E-state index in [1.807, 2.05) is 0 Å². The number of nitrogen functional groups attached to an aromatic ring is 1. The Bertz CT molecular complexity index is 2860. The summed E-state index contributed by atoms with van der Waals surface area (Å²) in [7, 11) is -15.0. The SMILES string of the molecule is Nc1c(S(=O)(=O)O)cc(Nc2ccc(N=Nc3ccc(N=c4nc(Cl)nc(Cl)[nH]4)cc3S(=O)(=O)O)cc2)c2c1C(=O)c1c(cccc1S(=O)(=O)O)C2=O.[Na].[Na].[Na]. The number of fused-ring (bicyclic) bond motifs is 2. The molecule has 5 aromatic rings. The second-order valence-electron chi connectivity index (χ2n) is 10.7. The number of ketones is 2. The van der Waals surface area contributed by atoms with E-state index in [1.165, 1.54) is 36.4 Å². The number of carbonyl (C=O) groups is 2.